The summed E-state index contributed by atoms with van der Waals surface area (Å²) >= 11 is 0. The van der Waals surface area contributed by atoms with Crippen molar-refractivity contribution in [1.82, 2.24) is 9.55 Å². The van der Waals surface area contributed by atoms with Crippen LogP contribution in [0, 0.1) is 17.5 Å². The number of hydrogen-bond donors (Lipinski definition) is 1. The van der Waals surface area contributed by atoms with Crippen molar-refractivity contribution >= 4 is 5.95 Å². The minimum Gasteiger partial charge on any atom is -0.353 e. The summed E-state index contributed by atoms with van der Waals surface area (Å²) in [6.45, 7) is 0. The molecule has 0 amide bonds. The Labute approximate surface area is 101 Å². The first-order valence-electron chi connectivity index (χ1n) is 5.60. The molecule has 0 unspecified atom stereocenters. The summed E-state index contributed by atoms with van der Waals surface area (Å²) in [6.07, 6.45) is 5.19. The van der Waals surface area contributed by atoms with Gasteiger partial charge in [-0.2, -0.15) is 0 Å². The average molecular weight is 253 g/mol. The number of anilines is 1. The highest BCUT2D eigenvalue weighted by atomic mass is 19.2. The van der Waals surface area contributed by atoms with E-state index in [0.29, 0.717) is 12.0 Å². The number of nitrogens with zero attached hydrogens (tertiary/aromatic N) is 2. The fourth-order valence-corrected chi connectivity index (χ4v) is 1.71. The summed E-state index contributed by atoms with van der Waals surface area (Å²) in [6, 6.07) is 2.25. The molecule has 2 aromatic rings. The molecule has 0 aliphatic heterocycles. The van der Waals surface area contributed by atoms with Gasteiger partial charge in [-0.15, -0.1) is 0 Å². The number of imidazole rings is 1. The average Bonchev–Trinajstić information content (AvgIpc) is 3.02. The highest BCUT2D eigenvalue weighted by Crippen LogP contribution is 2.26. The fraction of sp³-hybridized carbons (Fsp3) is 0.250. The maximum Gasteiger partial charge on any atom is 0.207 e. The van der Waals surface area contributed by atoms with Gasteiger partial charge in [-0.25, -0.2) is 18.2 Å². The van der Waals surface area contributed by atoms with Crippen LogP contribution in [0.5, 0.6) is 0 Å². The molecule has 3 rings (SSSR count). The van der Waals surface area contributed by atoms with Crippen LogP contribution in [-0.2, 0) is 0 Å². The van der Waals surface area contributed by atoms with Crippen LogP contribution in [0.15, 0.2) is 24.5 Å². The molecule has 1 aromatic carbocycles. The van der Waals surface area contributed by atoms with Crippen LogP contribution in [0.2, 0.25) is 0 Å². The molecule has 3 nitrogen and oxygen atoms in total. The summed E-state index contributed by atoms with van der Waals surface area (Å²) in [5.74, 6) is -3.38. The summed E-state index contributed by atoms with van der Waals surface area (Å²) in [7, 11) is 0. The SMILES string of the molecule is Fc1cc(-n2ccnc2NC2CC2)cc(F)c1F. The van der Waals surface area contributed by atoms with E-state index in [2.05, 4.69) is 10.3 Å². The fourth-order valence-electron chi connectivity index (χ4n) is 1.71. The first-order valence-corrected chi connectivity index (χ1v) is 5.60. The lowest BCUT2D eigenvalue weighted by Gasteiger charge is -2.09. The lowest BCUT2D eigenvalue weighted by Crippen LogP contribution is -2.08. The number of benzene rings is 1. The molecule has 1 saturated carbocycles. The second-order valence-electron chi connectivity index (χ2n) is 4.26. The number of aromatic nitrogens is 2. The highest BCUT2D eigenvalue weighted by molar-refractivity contribution is 5.43. The summed E-state index contributed by atoms with van der Waals surface area (Å²) in [5.41, 5.74) is 0.201. The van der Waals surface area contributed by atoms with Crippen molar-refractivity contribution < 1.29 is 13.2 Å². The second-order valence-corrected chi connectivity index (χ2v) is 4.26. The number of nitrogens with one attached hydrogen (secondary N) is 1. The maximum absolute atomic E-state index is 13.2. The number of rotatable bonds is 3. The van der Waals surface area contributed by atoms with E-state index in [9.17, 15) is 13.2 Å². The molecular formula is C12H10F3N3. The Morgan fingerprint density at radius 2 is 1.83 bits per heavy atom. The van der Waals surface area contributed by atoms with Gasteiger partial charge in [0.05, 0.1) is 5.69 Å². The number of halogens is 3. The van der Waals surface area contributed by atoms with E-state index in [1.165, 1.54) is 10.8 Å². The van der Waals surface area contributed by atoms with Gasteiger partial charge in [0.2, 0.25) is 5.95 Å². The van der Waals surface area contributed by atoms with Crippen LogP contribution >= 0.6 is 0 Å². The van der Waals surface area contributed by atoms with Crippen molar-refractivity contribution in [2.75, 3.05) is 5.32 Å². The van der Waals surface area contributed by atoms with Crippen LogP contribution < -0.4 is 5.32 Å². The zero-order chi connectivity index (χ0) is 12.7. The first-order chi connectivity index (χ1) is 8.65. The van der Waals surface area contributed by atoms with E-state index < -0.39 is 17.5 Å². The standard InChI is InChI=1S/C12H10F3N3/c13-9-5-8(6-10(14)11(9)15)18-4-3-16-12(18)17-7-1-2-7/h3-7H,1-2H2,(H,16,17). The normalized spacial score (nSPS) is 14.8. The zero-order valence-corrected chi connectivity index (χ0v) is 9.33. The Balaban J connectivity index is 2.01. The Hall–Kier alpha value is -1.98. The third-order valence-corrected chi connectivity index (χ3v) is 2.80. The van der Waals surface area contributed by atoms with Crippen LogP contribution in [0.25, 0.3) is 5.69 Å². The molecule has 0 saturated heterocycles. The van der Waals surface area contributed by atoms with Crippen molar-refractivity contribution in [3.8, 4) is 5.69 Å². The second kappa shape index (κ2) is 4.04. The molecule has 1 fully saturated rings. The maximum atomic E-state index is 13.2. The molecule has 1 aliphatic carbocycles. The molecule has 1 aliphatic rings. The molecule has 1 heterocycles. The van der Waals surface area contributed by atoms with Gasteiger partial charge in [-0.3, -0.25) is 4.57 Å². The van der Waals surface area contributed by atoms with Crippen molar-refractivity contribution in [1.29, 1.82) is 0 Å². The monoisotopic (exact) mass is 253 g/mol. The van der Waals surface area contributed by atoms with Crippen molar-refractivity contribution in [2.24, 2.45) is 0 Å². The first kappa shape index (κ1) is 11.1. The largest absolute Gasteiger partial charge is 0.353 e. The van der Waals surface area contributed by atoms with Crippen LogP contribution in [0.4, 0.5) is 19.1 Å². The molecule has 0 bridgehead atoms. The molecule has 6 heteroatoms. The van der Waals surface area contributed by atoms with Gasteiger partial charge in [0.25, 0.3) is 0 Å². The third-order valence-electron chi connectivity index (χ3n) is 2.80. The van der Waals surface area contributed by atoms with Gasteiger partial charge >= 0.3 is 0 Å². The minimum absolute atomic E-state index is 0.201. The summed E-state index contributed by atoms with van der Waals surface area (Å²) in [4.78, 5) is 4.07. The van der Waals surface area contributed by atoms with E-state index in [0.717, 1.165) is 25.0 Å². The summed E-state index contributed by atoms with van der Waals surface area (Å²) in [5, 5.41) is 3.13. The van der Waals surface area contributed by atoms with E-state index >= 15 is 0 Å². The quantitative estimate of drug-likeness (QED) is 0.852. The molecule has 0 radical (unpaired) electrons. The minimum atomic E-state index is -1.46. The highest BCUT2D eigenvalue weighted by Gasteiger charge is 2.23. The van der Waals surface area contributed by atoms with Gasteiger partial charge in [0.1, 0.15) is 0 Å². The van der Waals surface area contributed by atoms with Gasteiger partial charge in [0.15, 0.2) is 17.5 Å². The molecular weight excluding hydrogens is 243 g/mol. The molecule has 18 heavy (non-hydrogen) atoms. The third kappa shape index (κ3) is 1.94. The Morgan fingerprint density at radius 1 is 1.17 bits per heavy atom. The molecule has 1 N–H and O–H groups in total. The Bertz CT molecular complexity index is 567. The van der Waals surface area contributed by atoms with Gasteiger partial charge in [-0.05, 0) is 12.8 Å². The van der Waals surface area contributed by atoms with E-state index in [1.807, 2.05) is 0 Å². The summed E-state index contributed by atoms with van der Waals surface area (Å²) < 4.78 is 40.7. The molecule has 0 atom stereocenters. The Kier molecular flexibility index (Phi) is 2.50. The van der Waals surface area contributed by atoms with E-state index in [1.54, 1.807) is 6.20 Å². The molecule has 94 valence electrons. The topological polar surface area (TPSA) is 29.9 Å². The molecule has 1 aromatic heterocycles. The van der Waals surface area contributed by atoms with Crippen LogP contribution in [-0.4, -0.2) is 15.6 Å². The van der Waals surface area contributed by atoms with Crippen LogP contribution in [0.3, 0.4) is 0 Å². The predicted molar refractivity (Wildman–Crippen MR) is 60.1 cm³/mol. The Morgan fingerprint density at radius 3 is 2.44 bits per heavy atom. The lowest BCUT2D eigenvalue weighted by molar-refractivity contribution is 0.446. The van der Waals surface area contributed by atoms with Crippen molar-refractivity contribution in [2.45, 2.75) is 18.9 Å². The van der Waals surface area contributed by atoms with Gasteiger partial charge in [0, 0.05) is 30.6 Å². The molecule has 0 spiro atoms. The van der Waals surface area contributed by atoms with E-state index in [4.69, 9.17) is 0 Å². The van der Waals surface area contributed by atoms with Crippen molar-refractivity contribution in [3.05, 3.63) is 42.0 Å². The van der Waals surface area contributed by atoms with Crippen molar-refractivity contribution in [3.63, 3.8) is 0 Å². The zero-order valence-electron chi connectivity index (χ0n) is 9.33. The van der Waals surface area contributed by atoms with Crippen LogP contribution in [0.1, 0.15) is 12.8 Å². The predicted octanol–water partition coefficient (Wildman–Crippen LogP) is 2.86. The smallest absolute Gasteiger partial charge is 0.207 e. The van der Waals surface area contributed by atoms with Gasteiger partial charge in [-0.1, -0.05) is 0 Å². The van der Waals surface area contributed by atoms with Gasteiger partial charge < -0.3 is 5.32 Å². The lowest BCUT2D eigenvalue weighted by atomic mass is 10.3. The van der Waals surface area contributed by atoms with E-state index in [-0.39, 0.29) is 5.69 Å². The number of hydrogen-bond acceptors (Lipinski definition) is 2.